The molecule has 0 saturated heterocycles. The summed E-state index contributed by atoms with van der Waals surface area (Å²) in [6.07, 6.45) is -0.400. The molecule has 15 heavy (non-hydrogen) atoms. The molecule has 0 bridgehead atoms. The molecule has 1 unspecified atom stereocenters. The number of nitrogens with zero attached hydrogens (tertiary/aromatic N) is 1. The van der Waals surface area contributed by atoms with Gasteiger partial charge in [0.1, 0.15) is 0 Å². The number of carbonyl (C=O) groups is 1. The molecule has 0 fully saturated rings. The third-order valence-electron chi connectivity index (χ3n) is 2.01. The average molecular weight is 216 g/mol. The van der Waals surface area contributed by atoms with E-state index in [1.165, 1.54) is 0 Å². The largest absolute Gasteiger partial charge is 0.447 e. The van der Waals surface area contributed by atoms with Crippen molar-refractivity contribution in [2.45, 2.75) is 39.8 Å². The van der Waals surface area contributed by atoms with Gasteiger partial charge in [0.25, 0.3) is 0 Å². The van der Waals surface area contributed by atoms with Crippen LogP contribution in [0.1, 0.15) is 27.7 Å². The Morgan fingerprint density at radius 1 is 1.27 bits per heavy atom. The molecule has 1 N–H and O–H groups in total. The molecular weight excluding hydrogens is 192 g/mol. The summed E-state index contributed by atoms with van der Waals surface area (Å²) in [7, 11) is 3.98. The van der Waals surface area contributed by atoms with E-state index >= 15 is 0 Å². The second-order valence-electron chi connectivity index (χ2n) is 4.71. The van der Waals surface area contributed by atoms with Gasteiger partial charge in [-0.25, -0.2) is 4.79 Å². The average Bonchev–Trinajstić information content (AvgIpc) is 1.99. The molecular formula is C11H24N2O2. The lowest BCUT2D eigenvalue weighted by Crippen LogP contribution is -2.45. The van der Waals surface area contributed by atoms with Gasteiger partial charge >= 0.3 is 6.09 Å². The smallest absolute Gasteiger partial charge is 0.407 e. The van der Waals surface area contributed by atoms with Gasteiger partial charge in [-0.2, -0.15) is 0 Å². The van der Waals surface area contributed by atoms with Gasteiger partial charge in [-0.05, 0) is 33.9 Å². The van der Waals surface area contributed by atoms with Crippen LogP contribution in [0, 0.1) is 5.92 Å². The van der Waals surface area contributed by atoms with Crippen molar-refractivity contribution in [1.82, 2.24) is 10.2 Å². The molecule has 0 aliphatic carbocycles. The molecule has 4 heteroatoms. The first-order valence-electron chi connectivity index (χ1n) is 5.44. The second-order valence-corrected chi connectivity index (χ2v) is 4.71. The monoisotopic (exact) mass is 216 g/mol. The second kappa shape index (κ2) is 6.67. The van der Waals surface area contributed by atoms with Crippen LogP contribution in [0.4, 0.5) is 4.79 Å². The molecule has 4 nitrogen and oxygen atoms in total. The summed E-state index contributed by atoms with van der Waals surface area (Å²) in [6.45, 7) is 8.68. The number of amides is 1. The number of rotatable bonds is 5. The minimum atomic E-state index is -0.328. The molecule has 0 aromatic carbocycles. The minimum Gasteiger partial charge on any atom is -0.447 e. The minimum absolute atomic E-state index is 0.0721. The molecule has 0 aromatic heterocycles. The number of alkyl carbamates (subject to hydrolysis) is 1. The summed E-state index contributed by atoms with van der Waals surface area (Å²) < 4.78 is 5.04. The summed E-state index contributed by atoms with van der Waals surface area (Å²) in [5.74, 6) is 0.395. The Labute approximate surface area is 93.0 Å². The molecule has 0 rings (SSSR count). The van der Waals surface area contributed by atoms with Crippen LogP contribution in [0.3, 0.4) is 0 Å². The van der Waals surface area contributed by atoms with E-state index in [-0.39, 0.29) is 18.2 Å². The van der Waals surface area contributed by atoms with E-state index in [4.69, 9.17) is 4.74 Å². The van der Waals surface area contributed by atoms with Crippen LogP contribution in [0.5, 0.6) is 0 Å². The summed E-state index contributed by atoms with van der Waals surface area (Å²) in [5.41, 5.74) is 0. The van der Waals surface area contributed by atoms with Gasteiger partial charge in [-0.15, -0.1) is 0 Å². The van der Waals surface area contributed by atoms with Crippen LogP contribution in [0.25, 0.3) is 0 Å². The highest BCUT2D eigenvalue weighted by molar-refractivity contribution is 5.67. The van der Waals surface area contributed by atoms with Gasteiger partial charge in [-0.3, -0.25) is 0 Å². The van der Waals surface area contributed by atoms with Crippen molar-refractivity contribution < 1.29 is 9.53 Å². The molecule has 0 radical (unpaired) electrons. The van der Waals surface area contributed by atoms with E-state index in [1.807, 2.05) is 27.9 Å². The molecule has 0 spiro atoms. The van der Waals surface area contributed by atoms with Crippen molar-refractivity contribution in [3.63, 3.8) is 0 Å². The number of carbonyl (C=O) groups excluding carboxylic acids is 1. The lowest BCUT2D eigenvalue weighted by atomic mass is 10.0. The summed E-state index contributed by atoms with van der Waals surface area (Å²) in [6, 6.07) is 0.131. The summed E-state index contributed by atoms with van der Waals surface area (Å²) >= 11 is 0. The van der Waals surface area contributed by atoms with Gasteiger partial charge < -0.3 is 15.0 Å². The highest BCUT2D eigenvalue weighted by Crippen LogP contribution is 2.03. The molecule has 90 valence electrons. The zero-order valence-electron chi connectivity index (χ0n) is 10.7. The van der Waals surface area contributed by atoms with Crippen LogP contribution in [0.2, 0.25) is 0 Å². The SMILES string of the molecule is CC(C)OC(=O)NC(CN(C)C)C(C)C. The first-order chi connectivity index (χ1) is 6.82. The Morgan fingerprint density at radius 3 is 2.13 bits per heavy atom. The standard InChI is InChI=1S/C11H24N2O2/c1-8(2)10(7-13(5)6)12-11(14)15-9(3)4/h8-10H,7H2,1-6H3,(H,12,14). The Kier molecular flexibility index (Phi) is 6.32. The number of hydrogen-bond donors (Lipinski definition) is 1. The third kappa shape index (κ3) is 7.19. The van der Waals surface area contributed by atoms with Crippen LogP contribution < -0.4 is 5.32 Å². The van der Waals surface area contributed by atoms with Crippen molar-refractivity contribution in [2.75, 3.05) is 20.6 Å². The maximum absolute atomic E-state index is 11.4. The zero-order valence-corrected chi connectivity index (χ0v) is 10.7. The van der Waals surface area contributed by atoms with Crippen LogP contribution in [-0.2, 0) is 4.74 Å². The first-order valence-corrected chi connectivity index (χ1v) is 5.44. The fraction of sp³-hybridized carbons (Fsp3) is 0.909. The Balaban J connectivity index is 4.10. The number of ether oxygens (including phenoxy) is 1. The molecule has 1 amide bonds. The van der Waals surface area contributed by atoms with Crippen LogP contribution in [0.15, 0.2) is 0 Å². The highest BCUT2D eigenvalue weighted by Gasteiger charge is 2.18. The fourth-order valence-corrected chi connectivity index (χ4v) is 1.22. The quantitative estimate of drug-likeness (QED) is 0.760. The van der Waals surface area contributed by atoms with Crippen molar-refractivity contribution >= 4 is 6.09 Å². The Morgan fingerprint density at radius 2 is 1.80 bits per heavy atom. The van der Waals surface area contributed by atoms with Crippen LogP contribution in [-0.4, -0.2) is 43.8 Å². The summed E-state index contributed by atoms with van der Waals surface area (Å²) in [4.78, 5) is 13.5. The van der Waals surface area contributed by atoms with Gasteiger partial charge in [0.15, 0.2) is 0 Å². The topological polar surface area (TPSA) is 41.6 Å². The van der Waals surface area contributed by atoms with Crippen molar-refractivity contribution in [2.24, 2.45) is 5.92 Å². The summed E-state index contributed by atoms with van der Waals surface area (Å²) in [5, 5.41) is 2.88. The lowest BCUT2D eigenvalue weighted by Gasteiger charge is -2.25. The van der Waals surface area contributed by atoms with Crippen molar-refractivity contribution in [3.8, 4) is 0 Å². The van der Waals surface area contributed by atoms with Crippen molar-refractivity contribution in [1.29, 1.82) is 0 Å². The molecule has 0 heterocycles. The third-order valence-corrected chi connectivity index (χ3v) is 2.01. The molecule has 0 aliphatic heterocycles. The first kappa shape index (κ1) is 14.2. The maximum Gasteiger partial charge on any atom is 0.407 e. The van der Waals surface area contributed by atoms with E-state index in [9.17, 15) is 4.79 Å². The van der Waals surface area contributed by atoms with E-state index in [0.29, 0.717) is 5.92 Å². The van der Waals surface area contributed by atoms with E-state index in [1.54, 1.807) is 0 Å². The van der Waals surface area contributed by atoms with E-state index in [2.05, 4.69) is 24.1 Å². The predicted octanol–water partition coefficient (Wildman–Crippen LogP) is 1.71. The van der Waals surface area contributed by atoms with Gasteiger partial charge in [0, 0.05) is 12.6 Å². The van der Waals surface area contributed by atoms with Crippen LogP contribution >= 0.6 is 0 Å². The Bertz CT molecular complexity index is 191. The van der Waals surface area contributed by atoms with E-state index < -0.39 is 0 Å². The van der Waals surface area contributed by atoms with Gasteiger partial charge in [0.05, 0.1) is 6.10 Å². The molecule has 0 aliphatic rings. The fourth-order valence-electron chi connectivity index (χ4n) is 1.22. The molecule has 0 aromatic rings. The van der Waals surface area contributed by atoms with Crippen molar-refractivity contribution in [3.05, 3.63) is 0 Å². The number of likely N-dealkylation sites (N-methyl/N-ethyl adjacent to an activating group) is 1. The number of nitrogens with one attached hydrogen (secondary N) is 1. The maximum atomic E-state index is 11.4. The predicted molar refractivity (Wildman–Crippen MR) is 61.9 cm³/mol. The number of hydrogen-bond acceptors (Lipinski definition) is 3. The van der Waals surface area contributed by atoms with Gasteiger partial charge in [0.2, 0.25) is 0 Å². The van der Waals surface area contributed by atoms with Gasteiger partial charge in [-0.1, -0.05) is 13.8 Å². The normalized spacial score (nSPS) is 13.4. The molecule has 0 saturated carbocycles. The lowest BCUT2D eigenvalue weighted by molar-refractivity contribution is 0.107. The van der Waals surface area contributed by atoms with E-state index in [0.717, 1.165) is 6.54 Å². The molecule has 1 atom stereocenters. The highest BCUT2D eigenvalue weighted by atomic mass is 16.6. The Hall–Kier alpha value is -0.770. The zero-order chi connectivity index (χ0) is 12.0.